The number of aryl methyl sites for hydroxylation is 2. The zero-order chi connectivity index (χ0) is 33.8. The molecule has 3 saturated carbocycles. The van der Waals surface area contributed by atoms with Crippen LogP contribution in [0.3, 0.4) is 0 Å². The first-order chi connectivity index (χ1) is 22.4. The van der Waals surface area contributed by atoms with Crippen molar-refractivity contribution in [1.82, 2.24) is 16.0 Å². The van der Waals surface area contributed by atoms with Gasteiger partial charge >= 0.3 is 7.12 Å². The van der Waals surface area contributed by atoms with Gasteiger partial charge in [-0.05, 0) is 91.9 Å². The first kappa shape index (κ1) is 35.2. The highest BCUT2D eigenvalue weighted by Crippen LogP contribution is 2.65. The summed E-state index contributed by atoms with van der Waals surface area (Å²) in [6.45, 7) is 13.2. The molecule has 1 aliphatic heterocycles. The molecule has 2 bridgehead atoms. The molecule has 0 aromatic heterocycles. The van der Waals surface area contributed by atoms with E-state index < -0.39 is 24.7 Å². The van der Waals surface area contributed by atoms with E-state index in [1.807, 2.05) is 42.5 Å². The zero-order valence-corrected chi connectivity index (χ0v) is 29.1. The van der Waals surface area contributed by atoms with Crippen LogP contribution in [0.15, 0.2) is 54.6 Å². The van der Waals surface area contributed by atoms with Gasteiger partial charge in [0.1, 0.15) is 6.04 Å². The highest BCUT2D eigenvalue weighted by molar-refractivity contribution is 6.48. The van der Waals surface area contributed by atoms with Crippen LogP contribution in [0.25, 0.3) is 0 Å². The minimum absolute atomic E-state index is 0.00413. The Labute approximate surface area is 281 Å². The lowest BCUT2D eigenvalue weighted by molar-refractivity contribution is -0.199. The predicted molar refractivity (Wildman–Crippen MR) is 186 cm³/mol. The monoisotopic (exact) mass is 643 g/mol. The lowest BCUT2D eigenvalue weighted by atomic mass is 9.43. The van der Waals surface area contributed by atoms with E-state index in [0.717, 1.165) is 37.7 Å². The molecular formula is C38H54BN3O5. The first-order valence-corrected chi connectivity index (χ1v) is 17.7. The smallest absolute Gasteiger partial charge is 0.404 e. The highest BCUT2D eigenvalue weighted by Gasteiger charge is 2.68. The van der Waals surface area contributed by atoms with E-state index in [9.17, 15) is 14.4 Å². The molecule has 1 heterocycles. The number of benzene rings is 2. The fourth-order valence-corrected chi connectivity index (χ4v) is 7.96. The van der Waals surface area contributed by atoms with Gasteiger partial charge in [-0.15, -0.1) is 0 Å². The van der Waals surface area contributed by atoms with Crippen LogP contribution in [0.1, 0.15) is 102 Å². The zero-order valence-electron chi connectivity index (χ0n) is 29.1. The summed E-state index contributed by atoms with van der Waals surface area (Å²) in [6, 6.07) is 16.3. The maximum absolute atomic E-state index is 14.0. The van der Waals surface area contributed by atoms with Crippen LogP contribution >= 0.6 is 0 Å². The average Bonchev–Trinajstić information content (AvgIpc) is 3.42. The van der Waals surface area contributed by atoms with E-state index in [4.69, 9.17) is 9.31 Å². The first-order valence-electron chi connectivity index (χ1n) is 17.7. The van der Waals surface area contributed by atoms with Gasteiger partial charge in [0.05, 0.1) is 17.6 Å². The summed E-state index contributed by atoms with van der Waals surface area (Å²) in [5, 5.41) is 8.99. The van der Waals surface area contributed by atoms with Crippen molar-refractivity contribution in [2.75, 3.05) is 6.54 Å². The number of carbonyl (C=O) groups is 3. The maximum Gasteiger partial charge on any atom is 0.481 e. The van der Waals surface area contributed by atoms with Gasteiger partial charge in [-0.3, -0.25) is 14.4 Å². The number of amides is 3. The molecule has 3 N–H and O–H groups in total. The van der Waals surface area contributed by atoms with Gasteiger partial charge in [-0.1, -0.05) is 83.5 Å². The van der Waals surface area contributed by atoms with Crippen LogP contribution in [0, 0.1) is 23.2 Å². The summed E-state index contributed by atoms with van der Waals surface area (Å²) >= 11 is 0. The predicted octanol–water partition coefficient (Wildman–Crippen LogP) is 5.68. The number of hydrogen-bond acceptors (Lipinski definition) is 5. The van der Waals surface area contributed by atoms with Gasteiger partial charge < -0.3 is 25.3 Å². The van der Waals surface area contributed by atoms with Crippen molar-refractivity contribution < 1.29 is 23.7 Å². The average molecular weight is 644 g/mol. The second-order valence-corrected chi connectivity index (χ2v) is 15.2. The van der Waals surface area contributed by atoms with E-state index in [2.05, 4.69) is 57.5 Å². The van der Waals surface area contributed by atoms with Crippen molar-refractivity contribution in [3.8, 4) is 0 Å². The molecule has 4 fully saturated rings. The molecule has 1 saturated heterocycles. The summed E-state index contributed by atoms with van der Waals surface area (Å²) in [7, 11) is -0.584. The van der Waals surface area contributed by atoms with Crippen LogP contribution in [0.2, 0.25) is 0 Å². The number of rotatable bonds is 15. The Balaban J connectivity index is 1.28. The van der Waals surface area contributed by atoms with Crippen molar-refractivity contribution in [3.05, 3.63) is 71.3 Å². The van der Waals surface area contributed by atoms with Gasteiger partial charge in [0.15, 0.2) is 0 Å². The lowest BCUT2D eigenvalue weighted by Crippen LogP contribution is -2.65. The van der Waals surface area contributed by atoms with E-state index in [-0.39, 0.29) is 48.1 Å². The summed E-state index contributed by atoms with van der Waals surface area (Å²) in [6.07, 6.45) is 6.77. The Bertz CT molecular complexity index is 1380. The maximum atomic E-state index is 14.0. The second kappa shape index (κ2) is 14.9. The summed E-state index contributed by atoms with van der Waals surface area (Å²) in [5.74, 6) is -0.0198. The molecule has 254 valence electrons. The molecule has 0 radical (unpaired) electrons. The Morgan fingerprint density at radius 1 is 0.936 bits per heavy atom. The summed E-state index contributed by atoms with van der Waals surface area (Å²) in [5.41, 5.74) is 2.52. The van der Waals surface area contributed by atoms with Crippen LogP contribution in [0.5, 0.6) is 0 Å². The van der Waals surface area contributed by atoms with Crippen molar-refractivity contribution in [3.63, 3.8) is 0 Å². The molecule has 2 aromatic rings. The van der Waals surface area contributed by atoms with Crippen LogP contribution in [-0.4, -0.2) is 55.1 Å². The molecule has 3 aliphatic carbocycles. The number of unbranched alkanes of at least 4 members (excludes halogenated alkanes) is 1. The van der Waals surface area contributed by atoms with E-state index in [0.29, 0.717) is 30.2 Å². The van der Waals surface area contributed by atoms with Gasteiger partial charge in [-0.2, -0.15) is 0 Å². The van der Waals surface area contributed by atoms with Crippen LogP contribution in [0.4, 0.5) is 0 Å². The molecule has 6 atom stereocenters. The van der Waals surface area contributed by atoms with Gasteiger partial charge in [0.25, 0.3) is 5.91 Å². The molecule has 6 rings (SSSR count). The van der Waals surface area contributed by atoms with Crippen molar-refractivity contribution in [2.45, 2.75) is 117 Å². The molecule has 4 aliphatic rings. The molecule has 9 heteroatoms. The minimum Gasteiger partial charge on any atom is -0.404 e. The third-order valence-corrected chi connectivity index (χ3v) is 11.0. The number of carbonyl (C=O) groups excluding carboxylic acids is 3. The highest BCUT2D eigenvalue weighted by atomic mass is 16.7. The summed E-state index contributed by atoms with van der Waals surface area (Å²) in [4.78, 5) is 40.3. The molecule has 3 amide bonds. The van der Waals surface area contributed by atoms with Crippen molar-refractivity contribution >= 4 is 24.8 Å². The van der Waals surface area contributed by atoms with Crippen molar-refractivity contribution in [1.29, 1.82) is 0 Å². The quantitative estimate of drug-likeness (QED) is 0.217. The van der Waals surface area contributed by atoms with Gasteiger partial charge in [-0.25, -0.2) is 0 Å². The van der Waals surface area contributed by atoms with E-state index >= 15 is 0 Å². The summed E-state index contributed by atoms with van der Waals surface area (Å²) < 4.78 is 13.3. The van der Waals surface area contributed by atoms with Crippen molar-refractivity contribution in [2.24, 2.45) is 23.2 Å². The van der Waals surface area contributed by atoms with Gasteiger partial charge in [0, 0.05) is 18.5 Å². The molecule has 0 spiro atoms. The Kier molecular flexibility index (Phi) is 11.2. The van der Waals surface area contributed by atoms with Gasteiger partial charge in [0.2, 0.25) is 11.8 Å². The van der Waals surface area contributed by atoms with Crippen LogP contribution in [-0.2, 0) is 31.7 Å². The molecular weight excluding hydrogens is 589 g/mol. The molecule has 8 nitrogen and oxygen atoms in total. The fraction of sp³-hybridized carbons (Fsp3) is 0.605. The Morgan fingerprint density at radius 2 is 1.64 bits per heavy atom. The Morgan fingerprint density at radius 3 is 2.30 bits per heavy atom. The molecule has 47 heavy (non-hydrogen) atoms. The minimum atomic E-state index is -0.983. The standard InChI is InChI=1S/C38H54BN3O5/c1-7-8-12-27-15-18-28(19-16-27)35(44)41-30(24-40-34(43)20-17-26-13-10-9-11-14-26)36(45)42-33(21-25(2)3)39-46-32-23-29-22-31(37(29,4)5)38(32,6)47-39/h9-11,13-16,18-19,25,29-33H,7-8,12,17,20-24H2,1-6H3,(H,40,43)(H,41,44)(H,42,45)/t29-,30-,31-,32+,33-,38-/m0/s1. The molecule has 0 unspecified atom stereocenters. The second-order valence-electron chi connectivity index (χ2n) is 15.2. The van der Waals surface area contributed by atoms with E-state index in [1.54, 1.807) is 12.1 Å². The SMILES string of the molecule is CCCCc1ccc(C(=O)N[C@@H](CNC(=O)CCc2ccccc2)C(=O)N[C@@H](CC(C)C)B2O[C@@H]3C[C@@H]4C[C@@H](C4(C)C)[C@]3(C)O2)cc1. The topological polar surface area (TPSA) is 106 Å². The normalized spacial score (nSPS) is 25.3. The third-order valence-electron chi connectivity index (χ3n) is 11.0. The molecule has 2 aromatic carbocycles. The van der Waals surface area contributed by atoms with E-state index in [1.165, 1.54) is 5.56 Å². The number of hydrogen-bond donors (Lipinski definition) is 3. The van der Waals surface area contributed by atoms with Crippen LogP contribution < -0.4 is 16.0 Å². The third kappa shape index (κ3) is 8.11. The Hall–Kier alpha value is -3.17. The largest absolute Gasteiger partial charge is 0.481 e. The fourth-order valence-electron chi connectivity index (χ4n) is 7.96. The lowest BCUT2D eigenvalue weighted by Gasteiger charge is -2.64. The number of nitrogens with one attached hydrogen (secondary N) is 3.